The Morgan fingerprint density at radius 1 is 1.14 bits per heavy atom. The molecule has 0 heterocycles. The van der Waals surface area contributed by atoms with E-state index in [1.807, 2.05) is 12.1 Å². The number of likely N-dealkylation sites (N-methyl/N-ethyl adjacent to an activating group) is 1. The molecule has 0 atom stereocenters. The number of rotatable bonds is 10. The topological polar surface area (TPSA) is 33.7 Å². The average molecular weight is 315 g/mol. The van der Waals surface area contributed by atoms with Crippen LogP contribution in [0.3, 0.4) is 0 Å². The van der Waals surface area contributed by atoms with E-state index in [0.29, 0.717) is 16.5 Å². The Balaban J connectivity index is 2.52. The second-order valence-corrected chi connectivity index (χ2v) is 5.26. The molecule has 0 bridgehead atoms. The van der Waals surface area contributed by atoms with E-state index in [2.05, 4.69) is 24.1 Å². The number of nitrogens with one attached hydrogen (secondary N) is 1. The molecule has 4 nitrogen and oxygen atoms in total. The maximum atomic E-state index is 6.36. The van der Waals surface area contributed by atoms with Gasteiger partial charge in [0.05, 0.1) is 19.2 Å². The number of hydrogen-bond acceptors (Lipinski definition) is 4. The standard InChI is InChI=1S/C16H27ClN2O2/c1-5-10-19(6-2)11-9-18-12-13-7-8-14(20-3)16(21-4)15(13)17/h7-8,18H,5-6,9-12H2,1-4H3. The van der Waals surface area contributed by atoms with E-state index in [1.165, 1.54) is 6.42 Å². The highest BCUT2D eigenvalue weighted by atomic mass is 35.5. The van der Waals surface area contributed by atoms with Crippen molar-refractivity contribution in [1.82, 2.24) is 10.2 Å². The van der Waals surface area contributed by atoms with E-state index in [0.717, 1.165) is 38.3 Å². The predicted octanol–water partition coefficient (Wildman–Crippen LogP) is 3.18. The summed E-state index contributed by atoms with van der Waals surface area (Å²) in [5, 5.41) is 4.05. The van der Waals surface area contributed by atoms with Gasteiger partial charge in [-0.3, -0.25) is 0 Å². The zero-order valence-corrected chi connectivity index (χ0v) is 14.3. The van der Waals surface area contributed by atoms with Gasteiger partial charge in [-0.15, -0.1) is 0 Å². The van der Waals surface area contributed by atoms with Crippen LogP contribution in [0.2, 0.25) is 5.02 Å². The molecule has 0 amide bonds. The largest absolute Gasteiger partial charge is 0.493 e. The van der Waals surface area contributed by atoms with Crippen molar-refractivity contribution in [2.24, 2.45) is 0 Å². The maximum Gasteiger partial charge on any atom is 0.179 e. The SMILES string of the molecule is CCCN(CC)CCNCc1ccc(OC)c(OC)c1Cl. The molecular weight excluding hydrogens is 288 g/mol. The van der Waals surface area contributed by atoms with Crippen molar-refractivity contribution in [2.45, 2.75) is 26.8 Å². The normalized spacial score (nSPS) is 11.0. The Bertz CT molecular complexity index is 427. The molecule has 5 heteroatoms. The van der Waals surface area contributed by atoms with Crippen molar-refractivity contribution >= 4 is 11.6 Å². The van der Waals surface area contributed by atoms with E-state index < -0.39 is 0 Å². The van der Waals surface area contributed by atoms with Crippen LogP contribution < -0.4 is 14.8 Å². The summed E-state index contributed by atoms with van der Waals surface area (Å²) in [6.07, 6.45) is 1.19. The fraction of sp³-hybridized carbons (Fsp3) is 0.625. The van der Waals surface area contributed by atoms with Crippen molar-refractivity contribution in [1.29, 1.82) is 0 Å². The highest BCUT2D eigenvalue weighted by Gasteiger charge is 2.12. The summed E-state index contributed by atoms with van der Waals surface area (Å²) < 4.78 is 10.5. The number of halogens is 1. The van der Waals surface area contributed by atoms with Gasteiger partial charge in [0.1, 0.15) is 0 Å². The van der Waals surface area contributed by atoms with Crippen LogP contribution >= 0.6 is 11.6 Å². The Morgan fingerprint density at radius 3 is 2.48 bits per heavy atom. The first-order valence-electron chi connectivity index (χ1n) is 7.50. The second kappa shape index (κ2) is 9.87. The van der Waals surface area contributed by atoms with Gasteiger partial charge in [-0.1, -0.05) is 31.5 Å². The molecular formula is C16H27ClN2O2. The predicted molar refractivity (Wildman–Crippen MR) is 88.7 cm³/mol. The van der Waals surface area contributed by atoms with Gasteiger partial charge in [0, 0.05) is 19.6 Å². The van der Waals surface area contributed by atoms with Crippen LogP contribution in [-0.2, 0) is 6.54 Å². The molecule has 0 aliphatic carbocycles. The Labute approximate surface area is 133 Å². The van der Waals surface area contributed by atoms with E-state index in [-0.39, 0.29) is 0 Å². The third-order valence-corrected chi connectivity index (χ3v) is 3.89. The van der Waals surface area contributed by atoms with Gasteiger partial charge in [-0.2, -0.15) is 0 Å². The van der Waals surface area contributed by atoms with E-state index in [1.54, 1.807) is 14.2 Å². The Kier molecular flexibility index (Phi) is 8.50. The van der Waals surface area contributed by atoms with Gasteiger partial charge in [0.2, 0.25) is 0 Å². The number of nitrogens with zero attached hydrogens (tertiary/aromatic N) is 1. The van der Waals surface area contributed by atoms with Crippen LogP contribution in [0.15, 0.2) is 12.1 Å². The summed E-state index contributed by atoms with van der Waals surface area (Å²) in [5.74, 6) is 1.26. The average Bonchev–Trinajstić information content (AvgIpc) is 2.51. The second-order valence-electron chi connectivity index (χ2n) is 4.89. The number of benzene rings is 1. The van der Waals surface area contributed by atoms with Gasteiger partial charge in [-0.05, 0) is 31.1 Å². The molecule has 120 valence electrons. The lowest BCUT2D eigenvalue weighted by Crippen LogP contribution is -2.32. The van der Waals surface area contributed by atoms with Crippen LogP contribution in [0.4, 0.5) is 0 Å². The quantitative estimate of drug-likeness (QED) is 0.673. The fourth-order valence-corrected chi connectivity index (χ4v) is 2.57. The number of hydrogen-bond donors (Lipinski definition) is 1. The number of methoxy groups -OCH3 is 2. The van der Waals surface area contributed by atoms with Crippen molar-refractivity contribution < 1.29 is 9.47 Å². The third-order valence-electron chi connectivity index (χ3n) is 3.47. The highest BCUT2D eigenvalue weighted by molar-refractivity contribution is 6.33. The molecule has 1 aromatic carbocycles. The minimum atomic E-state index is 0.597. The molecule has 0 aromatic heterocycles. The summed E-state index contributed by atoms with van der Waals surface area (Å²) in [4.78, 5) is 2.43. The lowest BCUT2D eigenvalue weighted by molar-refractivity contribution is 0.287. The van der Waals surface area contributed by atoms with Crippen LogP contribution in [0.25, 0.3) is 0 Å². The highest BCUT2D eigenvalue weighted by Crippen LogP contribution is 2.37. The van der Waals surface area contributed by atoms with E-state index in [9.17, 15) is 0 Å². The third kappa shape index (κ3) is 5.38. The molecule has 0 radical (unpaired) electrons. The van der Waals surface area contributed by atoms with Crippen molar-refractivity contribution in [3.63, 3.8) is 0 Å². The molecule has 1 N–H and O–H groups in total. The van der Waals surface area contributed by atoms with Crippen molar-refractivity contribution in [3.8, 4) is 11.5 Å². The van der Waals surface area contributed by atoms with Gasteiger partial charge < -0.3 is 19.7 Å². The minimum absolute atomic E-state index is 0.597. The van der Waals surface area contributed by atoms with Gasteiger partial charge in [0.15, 0.2) is 11.5 Å². The molecule has 1 rings (SSSR count). The van der Waals surface area contributed by atoms with Crippen molar-refractivity contribution in [3.05, 3.63) is 22.7 Å². The molecule has 21 heavy (non-hydrogen) atoms. The van der Waals surface area contributed by atoms with E-state index >= 15 is 0 Å². The zero-order chi connectivity index (χ0) is 15.7. The first-order valence-corrected chi connectivity index (χ1v) is 7.88. The molecule has 0 saturated carbocycles. The van der Waals surface area contributed by atoms with Crippen LogP contribution in [0.5, 0.6) is 11.5 Å². The lowest BCUT2D eigenvalue weighted by Gasteiger charge is -2.20. The maximum absolute atomic E-state index is 6.36. The Hall–Kier alpha value is -0.970. The van der Waals surface area contributed by atoms with Crippen LogP contribution in [-0.4, -0.2) is 45.3 Å². The first-order chi connectivity index (χ1) is 10.2. The summed E-state index contributed by atoms with van der Waals surface area (Å²) >= 11 is 6.36. The molecule has 0 fully saturated rings. The van der Waals surface area contributed by atoms with Gasteiger partial charge in [-0.25, -0.2) is 0 Å². The molecule has 0 aliphatic heterocycles. The lowest BCUT2D eigenvalue weighted by atomic mass is 10.2. The minimum Gasteiger partial charge on any atom is -0.493 e. The monoisotopic (exact) mass is 314 g/mol. The van der Waals surface area contributed by atoms with Crippen LogP contribution in [0, 0.1) is 0 Å². The zero-order valence-electron chi connectivity index (χ0n) is 13.5. The molecule has 0 saturated heterocycles. The smallest absolute Gasteiger partial charge is 0.179 e. The van der Waals surface area contributed by atoms with Gasteiger partial charge in [0.25, 0.3) is 0 Å². The van der Waals surface area contributed by atoms with Crippen molar-refractivity contribution in [2.75, 3.05) is 40.4 Å². The summed E-state index contributed by atoms with van der Waals surface area (Å²) in [5.41, 5.74) is 1.02. The molecule has 0 aliphatic rings. The molecule has 1 aromatic rings. The Morgan fingerprint density at radius 2 is 1.90 bits per heavy atom. The van der Waals surface area contributed by atoms with Crippen LogP contribution in [0.1, 0.15) is 25.8 Å². The fourth-order valence-electron chi connectivity index (χ4n) is 2.27. The number of ether oxygens (including phenoxy) is 2. The first kappa shape index (κ1) is 18.1. The molecule has 0 spiro atoms. The summed E-state index contributed by atoms with van der Waals surface area (Å²) in [6.45, 7) is 9.36. The van der Waals surface area contributed by atoms with Gasteiger partial charge >= 0.3 is 0 Å². The molecule has 0 unspecified atom stereocenters. The van der Waals surface area contributed by atoms with E-state index in [4.69, 9.17) is 21.1 Å². The summed E-state index contributed by atoms with van der Waals surface area (Å²) in [7, 11) is 3.21. The summed E-state index contributed by atoms with van der Waals surface area (Å²) in [6, 6.07) is 3.86.